The van der Waals surface area contributed by atoms with Crippen LogP contribution >= 0.6 is 23.2 Å². The van der Waals surface area contributed by atoms with Crippen LogP contribution < -0.4 is 0 Å². The number of aromatic amines is 1. The van der Waals surface area contributed by atoms with Gasteiger partial charge in [-0.25, -0.2) is 0 Å². The molecule has 1 N–H and O–H groups in total. The van der Waals surface area contributed by atoms with Crippen molar-refractivity contribution in [2.45, 2.75) is 25.4 Å². The summed E-state index contributed by atoms with van der Waals surface area (Å²) in [5.41, 5.74) is 3.47. The van der Waals surface area contributed by atoms with Crippen molar-refractivity contribution in [2.24, 2.45) is 5.92 Å². The lowest BCUT2D eigenvalue weighted by Crippen LogP contribution is -2.17. The first-order chi connectivity index (χ1) is 8.75. The van der Waals surface area contributed by atoms with Crippen molar-refractivity contribution in [1.82, 2.24) is 4.98 Å². The number of halogens is 2. The lowest BCUT2D eigenvalue weighted by atomic mass is 10.00. The van der Waals surface area contributed by atoms with Crippen LogP contribution in [0.2, 0.25) is 10.0 Å². The van der Waals surface area contributed by atoms with Gasteiger partial charge in [0.05, 0.1) is 22.2 Å². The fourth-order valence-corrected chi connectivity index (χ4v) is 3.43. The van der Waals surface area contributed by atoms with E-state index in [0.717, 1.165) is 34.0 Å². The normalized spacial score (nSPS) is 23.3. The lowest BCUT2D eigenvalue weighted by molar-refractivity contribution is 0.0249. The number of H-pyrrole nitrogens is 1. The summed E-state index contributed by atoms with van der Waals surface area (Å²) in [6.07, 6.45) is 3.66. The highest BCUT2D eigenvalue weighted by Gasteiger charge is 2.38. The minimum Gasteiger partial charge on any atom is -0.371 e. The highest BCUT2D eigenvalue weighted by molar-refractivity contribution is 6.40. The number of hydrogen-bond acceptors (Lipinski definition) is 1. The fourth-order valence-electron chi connectivity index (χ4n) is 2.96. The molecule has 4 rings (SSSR count). The van der Waals surface area contributed by atoms with Crippen LogP contribution in [-0.2, 0) is 11.2 Å². The molecule has 0 bridgehead atoms. The molecule has 94 valence electrons. The van der Waals surface area contributed by atoms with Crippen molar-refractivity contribution in [1.29, 1.82) is 0 Å². The molecule has 0 radical (unpaired) electrons. The van der Waals surface area contributed by atoms with Crippen molar-refractivity contribution in [3.05, 3.63) is 33.4 Å². The van der Waals surface area contributed by atoms with Gasteiger partial charge >= 0.3 is 0 Å². The summed E-state index contributed by atoms with van der Waals surface area (Å²) in [4.78, 5) is 3.46. The van der Waals surface area contributed by atoms with E-state index in [1.807, 2.05) is 12.1 Å². The molecule has 2 aliphatic rings. The Morgan fingerprint density at radius 3 is 2.72 bits per heavy atom. The Morgan fingerprint density at radius 1 is 1.17 bits per heavy atom. The van der Waals surface area contributed by atoms with E-state index in [2.05, 4.69) is 4.98 Å². The predicted octanol–water partition coefficient (Wildman–Crippen LogP) is 4.50. The van der Waals surface area contributed by atoms with Crippen LogP contribution in [0.1, 0.15) is 30.2 Å². The van der Waals surface area contributed by atoms with E-state index in [1.165, 1.54) is 24.1 Å². The SMILES string of the molecule is Clc1ccc(Cl)c2c3c([nH]c12)C(C1CC1)OCC3. The number of nitrogens with one attached hydrogen (secondary N) is 1. The largest absolute Gasteiger partial charge is 0.371 e. The molecule has 4 heteroatoms. The van der Waals surface area contributed by atoms with Crippen LogP contribution in [0.5, 0.6) is 0 Å². The first-order valence-electron chi connectivity index (χ1n) is 6.36. The van der Waals surface area contributed by atoms with Gasteiger partial charge in [0, 0.05) is 11.1 Å². The summed E-state index contributed by atoms with van der Waals surface area (Å²) in [5.74, 6) is 0.676. The third kappa shape index (κ3) is 1.52. The average Bonchev–Trinajstić information content (AvgIpc) is 3.13. The Labute approximate surface area is 115 Å². The number of fused-ring (bicyclic) bond motifs is 3. The van der Waals surface area contributed by atoms with E-state index in [9.17, 15) is 0 Å². The Hall–Kier alpha value is -0.700. The van der Waals surface area contributed by atoms with E-state index < -0.39 is 0 Å². The number of benzene rings is 1. The maximum atomic E-state index is 6.33. The molecule has 0 saturated heterocycles. The second kappa shape index (κ2) is 3.89. The first kappa shape index (κ1) is 11.2. The standard InChI is InChI=1S/C14H13Cl2NO/c15-9-3-4-10(16)13-11(9)8-5-6-18-14(7-1-2-7)12(8)17-13/h3-4,7,14,17H,1-2,5-6H2. The molecule has 1 fully saturated rings. The molecule has 0 amide bonds. The summed E-state index contributed by atoms with van der Waals surface area (Å²) in [5, 5.41) is 2.61. The Balaban J connectivity index is 2.00. The van der Waals surface area contributed by atoms with Crippen molar-refractivity contribution >= 4 is 34.1 Å². The minimum atomic E-state index is 0.216. The average molecular weight is 282 g/mol. The van der Waals surface area contributed by atoms with Crippen molar-refractivity contribution in [2.75, 3.05) is 6.61 Å². The predicted molar refractivity (Wildman–Crippen MR) is 73.4 cm³/mol. The van der Waals surface area contributed by atoms with Crippen molar-refractivity contribution in [3.63, 3.8) is 0 Å². The van der Waals surface area contributed by atoms with Gasteiger partial charge in [0.25, 0.3) is 0 Å². The first-order valence-corrected chi connectivity index (χ1v) is 7.11. The zero-order chi connectivity index (χ0) is 12.3. The second-order valence-corrected chi connectivity index (χ2v) is 5.99. The molecule has 1 aromatic carbocycles. The van der Waals surface area contributed by atoms with Crippen LogP contribution in [0.4, 0.5) is 0 Å². The summed E-state index contributed by atoms with van der Waals surface area (Å²) in [6.45, 7) is 0.782. The van der Waals surface area contributed by atoms with Gasteiger partial charge < -0.3 is 9.72 Å². The van der Waals surface area contributed by atoms with Gasteiger partial charge in [0.2, 0.25) is 0 Å². The molecule has 1 unspecified atom stereocenters. The Kier molecular flexibility index (Phi) is 2.41. The number of hydrogen-bond donors (Lipinski definition) is 1. The quantitative estimate of drug-likeness (QED) is 0.818. The van der Waals surface area contributed by atoms with Gasteiger partial charge in [-0.3, -0.25) is 0 Å². The maximum Gasteiger partial charge on any atom is 0.100 e. The fraction of sp³-hybridized carbons (Fsp3) is 0.429. The van der Waals surface area contributed by atoms with E-state index >= 15 is 0 Å². The highest BCUT2D eigenvalue weighted by Crippen LogP contribution is 2.48. The zero-order valence-corrected chi connectivity index (χ0v) is 11.3. The molecular formula is C14H13Cl2NO. The molecule has 1 aliphatic carbocycles. The third-order valence-corrected chi connectivity index (χ3v) is 4.60. The second-order valence-electron chi connectivity index (χ2n) is 5.18. The number of rotatable bonds is 1. The molecular weight excluding hydrogens is 269 g/mol. The van der Waals surface area contributed by atoms with Gasteiger partial charge in [0.1, 0.15) is 6.10 Å². The van der Waals surface area contributed by atoms with Gasteiger partial charge in [-0.1, -0.05) is 23.2 Å². The van der Waals surface area contributed by atoms with E-state index in [1.54, 1.807) is 0 Å². The molecule has 2 heterocycles. The zero-order valence-electron chi connectivity index (χ0n) is 9.80. The molecule has 1 aliphatic heterocycles. The van der Waals surface area contributed by atoms with E-state index in [4.69, 9.17) is 27.9 Å². The molecule has 18 heavy (non-hydrogen) atoms. The van der Waals surface area contributed by atoms with Crippen molar-refractivity contribution in [3.8, 4) is 0 Å². The van der Waals surface area contributed by atoms with Crippen LogP contribution in [0, 0.1) is 5.92 Å². The van der Waals surface area contributed by atoms with Crippen LogP contribution in [-0.4, -0.2) is 11.6 Å². The third-order valence-electron chi connectivity index (χ3n) is 3.97. The molecule has 2 aromatic rings. The smallest absolute Gasteiger partial charge is 0.100 e. The lowest BCUT2D eigenvalue weighted by Gasteiger charge is -2.23. The number of aromatic nitrogens is 1. The van der Waals surface area contributed by atoms with Crippen LogP contribution in [0.3, 0.4) is 0 Å². The molecule has 2 nitrogen and oxygen atoms in total. The van der Waals surface area contributed by atoms with Crippen molar-refractivity contribution < 1.29 is 4.74 Å². The summed E-state index contributed by atoms with van der Waals surface area (Å²) >= 11 is 12.6. The number of ether oxygens (including phenoxy) is 1. The molecule has 1 saturated carbocycles. The Bertz CT molecular complexity index is 630. The van der Waals surface area contributed by atoms with Gasteiger partial charge in [-0.15, -0.1) is 0 Å². The molecule has 1 aromatic heterocycles. The van der Waals surface area contributed by atoms with Crippen LogP contribution in [0.25, 0.3) is 10.9 Å². The summed E-state index contributed by atoms with van der Waals surface area (Å²) < 4.78 is 5.92. The van der Waals surface area contributed by atoms with E-state index in [-0.39, 0.29) is 6.10 Å². The molecule has 0 spiro atoms. The summed E-state index contributed by atoms with van der Waals surface area (Å²) in [6, 6.07) is 3.73. The van der Waals surface area contributed by atoms with Gasteiger partial charge in [0.15, 0.2) is 0 Å². The molecule has 1 atom stereocenters. The minimum absolute atomic E-state index is 0.216. The van der Waals surface area contributed by atoms with Gasteiger partial charge in [-0.05, 0) is 42.9 Å². The topological polar surface area (TPSA) is 25.0 Å². The van der Waals surface area contributed by atoms with Crippen LogP contribution in [0.15, 0.2) is 12.1 Å². The summed E-state index contributed by atoms with van der Waals surface area (Å²) in [7, 11) is 0. The van der Waals surface area contributed by atoms with E-state index in [0.29, 0.717) is 5.92 Å². The highest BCUT2D eigenvalue weighted by atomic mass is 35.5. The van der Waals surface area contributed by atoms with Gasteiger partial charge in [-0.2, -0.15) is 0 Å². The monoisotopic (exact) mass is 281 g/mol. The maximum absolute atomic E-state index is 6.33. The Morgan fingerprint density at radius 2 is 1.94 bits per heavy atom.